The van der Waals surface area contributed by atoms with Crippen molar-refractivity contribution < 1.29 is 4.74 Å². The summed E-state index contributed by atoms with van der Waals surface area (Å²) >= 11 is 5.78. The first kappa shape index (κ1) is 15.2. The fraction of sp³-hybridized carbons (Fsp3) is 1.00. The molecule has 0 amide bonds. The molecule has 0 radical (unpaired) electrons. The smallest absolute Gasteiger partial charge is 0.0599 e. The highest BCUT2D eigenvalue weighted by atomic mass is 35.5. The molecule has 0 aliphatic heterocycles. The number of ether oxygens (including phenoxy) is 1. The average Bonchev–Trinajstić information content (AvgIpc) is 2.12. The predicted octanol–water partition coefficient (Wildman–Crippen LogP) is 3.19. The Balaban J connectivity index is 3.73. The van der Waals surface area contributed by atoms with Crippen LogP contribution in [0, 0.1) is 0 Å². The van der Waals surface area contributed by atoms with Crippen molar-refractivity contribution in [3.05, 3.63) is 0 Å². The second-order valence-electron chi connectivity index (χ2n) is 5.24. The van der Waals surface area contributed by atoms with Gasteiger partial charge in [0.2, 0.25) is 0 Å². The van der Waals surface area contributed by atoms with Gasteiger partial charge < -0.3 is 10.1 Å². The summed E-state index contributed by atoms with van der Waals surface area (Å²) in [6.45, 7) is 12.3. The van der Waals surface area contributed by atoms with Crippen LogP contribution < -0.4 is 5.32 Å². The van der Waals surface area contributed by atoms with Gasteiger partial charge in [0.05, 0.1) is 12.2 Å². The monoisotopic (exact) mass is 235 g/mol. The fourth-order valence-electron chi connectivity index (χ4n) is 1.31. The maximum atomic E-state index is 5.78. The Morgan fingerprint density at radius 1 is 1.20 bits per heavy atom. The Bertz CT molecular complexity index is 167. The minimum absolute atomic E-state index is 0.0449. The summed E-state index contributed by atoms with van der Waals surface area (Å²) in [5.41, 5.74) is 0.111. The van der Waals surface area contributed by atoms with Crippen LogP contribution in [-0.2, 0) is 4.74 Å². The van der Waals surface area contributed by atoms with Gasteiger partial charge in [0.1, 0.15) is 0 Å². The zero-order chi connectivity index (χ0) is 11.9. The third-order valence-corrected chi connectivity index (χ3v) is 2.80. The molecule has 0 aromatic heterocycles. The first-order chi connectivity index (χ1) is 6.83. The zero-order valence-electron chi connectivity index (χ0n) is 10.8. The van der Waals surface area contributed by atoms with E-state index in [9.17, 15) is 0 Å². The van der Waals surface area contributed by atoms with Crippen molar-refractivity contribution in [2.45, 2.75) is 58.6 Å². The molecule has 0 fully saturated rings. The highest BCUT2D eigenvalue weighted by molar-refractivity contribution is 6.17. The van der Waals surface area contributed by atoms with Gasteiger partial charge in [0, 0.05) is 18.0 Å². The molecular weight excluding hydrogens is 210 g/mol. The fourth-order valence-corrected chi connectivity index (χ4v) is 1.73. The Labute approximate surface area is 99.7 Å². The van der Waals surface area contributed by atoms with E-state index in [2.05, 4.69) is 39.9 Å². The van der Waals surface area contributed by atoms with Crippen molar-refractivity contribution in [3.8, 4) is 0 Å². The topological polar surface area (TPSA) is 21.3 Å². The zero-order valence-corrected chi connectivity index (χ0v) is 11.6. The highest BCUT2D eigenvalue weighted by Crippen LogP contribution is 2.15. The normalized spacial score (nSPS) is 16.4. The van der Waals surface area contributed by atoms with Gasteiger partial charge in [-0.1, -0.05) is 6.92 Å². The van der Waals surface area contributed by atoms with Crippen LogP contribution in [0.2, 0.25) is 0 Å². The van der Waals surface area contributed by atoms with Crippen LogP contribution in [0.25, 0.3) is 0 Å². The van der Waals surface area contributed by atoms with E-state index in [1.54, 1.807) is 0 Å². The summed E-state index contributed by atoms with van der Waals surface area (Å²) in [6, 6.07) is 0. The molecule has 0 aliphatic rings. The summed E-state index contributed by atoms with van der Waals surface area (Å²) in [5.74, 6) is 0.706. The number of hydrogen-bond donors (Lipinski definition) is 1. The number of halogens is 1. The Morgan fingerprint density at radius 2 is 1.80 bits per heavy atom. The SMILES string of the molecule is CCC(C)(CCCl)NCCOC(C)(C)C. The molecule has 0 aliphatic carbocycles. The standard InChI is InChI=1S/C12H26ClNO/c1-6-12(5,7-8-13)14-9-10-15-11(2,3)4/h14H,6-10H2,1-5H3. The molecule has 1 unspecified atom stereocenters. The van der Waals surface area contributed by atoms with Crippen LogP contribution in [0.15, 0.2) is 0 Å². The first-order valence-corrected chi connectivity index (χ1v) is 6.31. The number of alkyl halides is 1. The van der Waals surface area contributed by atoms with Gasteiger partial charge in [0.15, 0.2) is 0 Å². The van der Waals surface area contributed by atoms with Crippen molar-refractivity contribution in [2.24, 2.45) is 0 Å². The molecule has 0 saturated heterocycles. The Kier molecular flexibility index (Phi) is 6.81. The van der Waals surface area contributed by atoms with Crippen LogP contribution in [0.4, 0.5) is 0 Å². The number of rotatable bonds is 7. The number of nitrogens with one attached hydrogen (secondary N) is 1. The van der Waals surface area contributed by atoms with E-state index in [-0.39, 0.29) is 11.1 Å². The molecule has 0 aromatic rings. The van der Waals surface area contributed by atoms with E-state index in [1.807, 2.05) is 0 Å². The lowest BCUT2D eigenvalue weighted by atomic mass is 9.95. The van der Waals surface area contributed by atoms with Crippen LogP contribution in [0.1, 0.15) is 47.5 Å². The van der Waals surface area contributed by atoms with Gasteiger partial charge in [-0.05, 0) is 40.5 Å². The van der Waals surface area contributed by atoms with E-state index in [0.717, 1.165) is 26.0 Å². The van der Waals surface area contributed by atoms with Crippen LogP contribution in [0.5, 0.6) is 0 Å². The molecule has 1 atom stereocenters. The summed E-state index contributed by atoms with van der Waals surface area (Å²) in [7, 11) is 0. The van der Waals surface area contributed by atoms with Gasteiger partial charge in [-0.15, -0.1) is 11.6 Å². The van der Waals surface area contributed by atoms with Crippen molar-refractivity contribution in [2.75, 3.05) is 19.0 Å². The van der Waals surface area contributed by atoms with Gasteiger partial charge in [-0.3, -0.25) is 0 Å². The molecule has 15 heavy (non-hydrogen) atoms. The highest BCUT2D eigenvalue weighted by Gasteiger charge is 2.20. The summed E-state index contributed by atoms with van der Waals surface area (Å²) < 4.78 is 5.65. The minimum Gasteiger partial charge on any atom is -0.375 e. The molecular formula is C12H26ClNO. The van der Waals surface area contributed by atoms with Crippen LogP contribution in [0.3, 0.4) is 0 Å². The van der Waals surface area contributed by atoms with Gasteiger partial charge in [-0.2, -0.15) is 0 Å². The number of hydrogen-bond acceptors (Lipinski definition) is 2. The molecule has 0 heterocycles. The van der Waals surface area contributed by atoms with Crippen LogP contribution in [-0.4, -0.2) is 30.2 Å². The van der Waals surface area contributed by atoms with Gasteiger partial charge in [0.25, 0.3) is 0 Å². The van der Waals surface area contributed by atoms with E-state index < -0.39 is 0 Å². The molecule has 0 rings (SSSR count). The largest absolute Gasteiger partial charge is 0.375 e. The second-order valence-corrected chi connectivity index (χ2v) is 5.62. The molecule has 2 nitrogen and oxygen atoms in total. The lowest BCUT2D eigenvalue weighted by molar-refractivity contribution is -0.00327. The third kappa shape index (κ3) is 8.06. The molecule has 0 aromatic carbocycles. The van der Waals surface area contributed by atoms with E-state index in [4.69, 9.17) is 16.3 Å². The maximum Gasteiger partial charge on any atom is 0.0599 e. The van der Waals surface area contributed by atoms with Crippen molar-refractivity contribution in [1.82, 2.24) is 5.32 Å². The van der Waals surface area contributed by atoms with Crippen molar-refractivity contribution in [1.29, 1.82) is 0 Å². The summed E-state index contributed by atoms with van der Waals surface area (Å²) in [4.78, 5) is 0. The van der Waals surface area contributed by atoms with E-state index in [0.29, 0.717) is 5.88 Å². The molecule has 0 spiro atoms. The summed E-state index contributed by atoms with van der Waals surface area (Å²) in [6.07, 6.45) is 2.09. The van der Waals surface area contributed by atoms with Gasteiger partial charge >= 0.3 is 0 Å². The molecule has 0 saturated carbocycles. The maximum absolute atomic E-state index is 5.78. The average molecular weight is 236 g/mol. The quantitative estimate of drug-likeness (QED) is 0.541. The molecule has 92 valence electrons. The third-order valence-electron chi connectivity index (χ3n) is 2.62. The second kappa shape index (κ2) is 6.72. The molecule has 3 heteroatoms. The Morgan fingerprint density at radius 3 is 2.20 bits per heavy atom. The summed E-state index contributed by atoms with van der Waals surface area (Å²) in [5, 5.41) is 3.51. The van der Waals surface area contributed by atoms with E-state index >= 15 is 0 Å². The lowest BCUT2D eigenvalue weighted by Crippen LogP contribution is -2.44. The van der Waals surface area contributed by atoms with Crippen LogP contribution >= 0.6 is 11.6 Å². The molecule has 1 N–H and O–H groups in total. The van der Waals surface area contributed by atoms with Gasteiger partial charge in [-0.25, -0.2) is 0 Å². The lowest BCUT2D eigenvalue weighted by Gasteiger charge is -2.30. The molecule has 0 bridgehead atoms. The predicted molar refractivity (Wildman–Crippen MR) is 67.7 cm³/mol. The minimum atomic E-state index is -0.0449. The Hall–Kier alpha value is 0.210. The van der Waals surface area contributed by atoms with E-state index in [1.165, 1.54) is 0 Å². The first-order valence-electron chi connectivity index (χ1n) is 5.78. The van der Waals surface area contributed by atoms with Crippen molar-refractivity contribution in [3.63, 3.8) is 0 Å². The van der Waals surface area contributed by atoms with Crippen molar-refractivity contribution >= 4 is 11.6 Å².